The SMILES string of the molecule is C[C@H](C(=O)c1ccccc1)N1C(=O)c2ccccc2C1=O. The fraction of sp³-hybridized carbons (Fsp3) is 0.118. The summed E-state index contributed by atoms with van der Waals surface area (Å²) in [6.07, 6.45) is 0. The molecule has 0 unspecified atom stereocenters. The smallest absolute Gasteiger partial charge is 0.262 e. The second-order valence-electron chi connectivity index (χ2n) is 4.93. The minimum Gasteiger partial charge on any atom is -0.292 e. The molecular weight excluding hydrogens is 266 g/mol. The van der Waals surface area contributed by atoms with E-state index in [1.54, 1.807) is 55.5 Å². The number of hydrogen-bond donors (Lipinski definition) is 0. The predicted octanol–water partition coefficient (Wildman–Crippen LogP) is 2.55. The van der Waals surface area contributed by atoms with Crippen molar-refractivity contribution in [1.82, 2.24) is 4.90 Å². The largest absolute Gasteiger partial charge is 0.292 e. The minimum atomic E-state index is -0.820. The summed E-state index contributed by atoms with van der Waals surface area (Å²) in [5, 5.41) is 0. The van der Waals surface area contributed by atoms with Crippen molar-refractivity contribution in [3.63, 3.8) is 0 Å². The molecule has 4 nitrogen and oxygen atoms in total. The van der Waals surface area contributed by atoms with Crippen LogP contribution in [0.2, 0.25) is 0 Å². The van der Waals surface area contributed by atoms with Gasteiger partial charge in [-0.2, -0.15) is 0 Å². The molecule has 0 radical (unpaired) electrons. The molecule has 1 aliphatic rings. The number of rotatable bonds is 3. The standard InChI is InChI=1S/C17H13NO3/c1-11(15(19)12-7-3-2-4-8-12)18-16(20)13-9-5-6-10-14(13)17(18)21/h2-11H,1H3/t11-/m1/s1. The fourth-order valence-corrected chi connectivity index (χ4v) is 2.52. The number of ketones is 1. The van der Waals surface area contributed by atoms with E-state index in [-0.39, 0.29) is 5.78 Å². The molecule has 1 aliphatic heterocycles. The van der Waals surface area contributed by atoms with Crippen molar-refractivity contribution < 1.29 is 14.4 Å². The average Bonchev–Trinajstić information content (AvgIpc) is 2.79. The molecule has 0 saturated heterocycles. The number of hydrogen-bond acceptors (Lipinski definition) is 3. The molecule has 2 amide bonds. The molecule has 0 saturated carbocycles. The Kier molecular flexibility index (Phi) is 3.14. The molecule has 2 aromatic rings. The summed E-state index contributed by atoms with van der Waals surface area (Å²) in [6.45, 7) is 1.58. The third kappa shape index (κ3) is 2.05. The molecule has 2 aromatic carbocycles. The van der Waals surface area contributed by atoms with Gasteiger partial charge in [-0.05, 0) is 19.1 Å². The zero-order chi connectivity index (χ0) is 15.0. The minimum absolute atomic E-state index is 0.245. The highest BCUT2D eigenvalue weighted by Gasteiger charge is 2.40. The zero-order valence-corrected chi connectivity index (χ0v) is 11.4. The Morgan fingerprint density at radius 1 is 0.857 bits per heavy atom. The van der Waals surface area contributed by atoms with E-state index in [1.165, 1.54) is 0 Å². The van der Waals surface area contributed by atoms with Gasteiger partial charge < -0.3 is 0 Å². The average molecular weight is 279 g/mol. The lowest BCUT2D eigenvalue weighted by Crippen LogP contribution is -2.42. The van der Waals surface area contributed by atoms with E-state index in [1.807, 2.05) is 6.07 Å². The van der Waals surface area contributed by atoms with Crippen LogP contribution in [0.5, 0.6) is 0 Å². The number of amides is 2. The summed E-state index contributed by atoms with van der Waals surface area (Å²) in [6, 6.07) is 14.5. The maximum atomic E-state index is 12.4. The van der Waals surface area contributed by atoms with Crippen molar-refractivity contribution >= 4 is 17.6 Å². The van der Waals surface area contributed by atoms with Crippen LogP contribution in [0.15, 0.2) is 54.6 Å². The highest BCUT2D eigenvalue weighted by atomic mass is 16.2. The third-order valence-corrected chi connectivity index (χ3v) is 3.65. The molecule has 4 heteroatoms. The van der Waals surface area contributed by atoms with Gasteiger partial charge in [0.05, 0.1) is 11.1 Å². The van der Waals surface area contributed by atoms with Gasteiger partial charge in [0.1, 0.15) is 6.04 Å². The van der Waals surface area contributed by atoms with Gasteiger partial charge in [0.15, 0.2) is 5.78 Å². The van der Waals surface area contributed by atoms with E-state index >= 15 is 0 Å². The van der Waals surface area contributed by atoms with Crippen LogP contribution in [-0.4, -0.2) is 28.5 Å². The monoisotopic (exact) mass is 279 g/mol. The lowest BCUT2D eigenvalue weighted by molar-refractivity contribution is 0.0555. The number of imide groups is 1. The van der Waals surface area contributed by atoms with Gasteiger partial charge in [0.2, 0.25) is 0 Å². The number of benzene rings is 2. The maximum Gasteiger partial charge on any atom is 0.262 e. The number of carbonyl (C=O) groups is 3. The molecular formula is C17H13NO3. The molecule has 1 atom stereocenters. The normalized spacial score (nSPS) is 15.0. The van der Waals surface area contributed by atoms with Gasteiger partial charge in [0.25, 0.3) is 11.8 Å². The molecule has 21 heavy (non-hydrogen) atoms. The van der Waals surface area contributed by atoms with Crippen LogP contribution >= 0.6 is 0 Å². The van der Waals surface area contributed by atoms with Crippen LogP contribution < -0.4 is 0 Å². The summed E-state index contributed by atoms with van der Waals surface area (Å²) < 4.78 is 0. The van der Waals surface area contributed by atoms with Crippen molar-refractivity contribution in [3.05, 3.63) is 71.3 Å². The summed E-state index contributed by atoms with van der Waals surface area (Å²) in [4.78, 5) is 38.1. The Bertz CT molecular complexity index is 702. The van der Waals surface area contributed by atoms with Gasteiger partial charge in [0, 0.05) is 5.56 Å². The van der Waals surface area contributed by atoms with Gasteiger partial charge in [-0.3, -0.25) is 19.3 Å². The second kappa shape index (κ2) is 4.98. The predicted molar refractivity (Wildman–Crippen MR) is 77.2 cm³/mol. The van der Waals surface area contributed by atoms with Gasteiger partial charge in [-0.1, -0.05) is 42.5 Å². The number of fused-ring (bicyclic) bond motifs is 1. The van der Waals surface area contributed by atoms with Crippen LogP contribution in [0, 0.1) is 0 Å². The molecule has 0 bridgehead atoms. The quantitative estimate of drug-likeness (QED) is 0.641. The molecule has 104 valence electrons. The Labute approximate surface area is 122 Å². The van der Waals surface area contributed by atoms with Crippen molar-refractivity contribution in [2.24, 2.45) is 0 Å². The molecule has 0 spiro atoms. The van der Waals surface area contributed by atoms with E-state index in [0.717, 1.165) is 4.90 Å². The van der Waals surface area contributed by atoms with E-state index in [2.05, 4.69) is 0 Å². The van der Waals surface area contributed by atoms with Crippen molar-refractivity contribution in [2.45, 2.75) is 13.0 Å². The van der Waals surface area contributed by atoms with Gasteiger partial charge in [-0.15, -0.1) is 0 Å². The molecule has 0 aliphatic carbocycles. The van der Waals surface area contributed by atoms with E-state index in [9.17, 15) is 14.4 Å². The topological polar surface area (TPSA) is 54.5 Å². The first-order valence-electron chi connectivity index (χ1n) is 6.67. The lowest BCUT2D eigenvalue weighted by atomic mass is 10.0. The molecule has 3 rings (SSSR count). The zero-order valence-electron chi connectivity index (χ0n) is 11.4. The fourth-order valence-electron chi connectivity index (χ4n) is 2.52. The molecule has 0 aromatic heterocycles. The number of Topliss-reactive ketones (excluding diaryl/α,β-unsaturated/α-hetero) is 1. The second-order valence-corrected chi connectivity index (χ2v) is 4.93. The van der Waals surface area contributed by atoms with Gasteiger partial charge in [-0.25, -0.2) is 0 Å². The molecule has 0 N–H and O–H groups in total. The Balaban J connectivity index is 1.94. The summed E-state index contributed by atoms with van der Waals surface area (Å²) in [5.41, 5.74) is 1.20. The van der Waals surface area contributed by atoms with Crippen molar-refractivity contribution in [3.8, 4) is 0 Å². The van der Waals surface area contributed by atoms with Crippen LogP contribution in [0.25, 0.3) is 0 Å². The third-order valence-electron chi connectivity index (χ3n) is 3.65. The van der Waals surface area contributed by atoms with Crippen molar-refractivity contribution in [2.75, 3.05) is 0 Å². The lowest BCUT2D eigenvalue weighted by Gasteiger charge is -2.21. The highest BCUT2D eigenvalue weighted by molar-refractivity contribution is 6.23. The number of nitrogens with zero attached hydrogens (tertiary/aromatic N) is 1. The van der Waals surface area contributed by atoms with Gasteiger partial charge >= 0.3 is 0 Å². The van der Waals surface area contributed by atoms with Crippen LogP contribution in [0.1, 0.15) is 38.0 Å². The van der Waals surface area contributed by atoms with E-state index in [4.69, 9.17) is 0 Å². The summed E-state index contributed by atoms with van der Waals surface area (Å²) >= 11 is 0. The Hall–Kier alpha value is -2.75. The van der Waals surface area contributed by atoms with Crippen LogP contribution in [-0.2, 0) is 0 Å². The first-order valence-corrected chi connectivity index (χ1v) is 6.67. The molecule has 1 heterocycles. The first-order chi connectivity index (χ1) is 10.1. The Morgan fingerprint density at radius 3 is 1.86 bits per heavy atom. The summed E-state index contributed by atoms with van der Waals surface area (Å²) in [7, 11) is 0. The van der Waals surface area contributed by atoms with E-state index in [0.29, 0.717) is 16.7 Å². The van der Waals surface area contributed by atoms with E-state index < -0.39 is 17.9 Å². The van der Waals surface area contributed by atoms with Crippen LogP contribution in [0.3, 0.4) is 0 Å². The summed E-state index contributed by atoms with van der Waals surface area (Å²) in [5.74, 6) is -1.06. The highest BCUT2D eigenvalue weighted by Crippen LogP contribution is 2.25. The van der Waals surface area contributed by atoms with Crippen molar-refractivity contribution in [1.29, 1.82) is 0 Å². The molecule has 0 fully saturated rings. The maximum absolute atomic E-state index is 12.4. The first kappa shape index (κ1) is 13.2. The van der Waals surface area contributed by atoms with Crippen LogP contribution in [0.4, 0.5) is 0 Å². The Morgan fingerprint density at radius 2 is 1.33 bits per heavy atom. The number of carbonyl (C=O) groups excluding carboxylic acids is 3.